The van der Waals surface area contributed by atoms with E-state index in [2.05, 4.69) is 5.32 Å². The van der Waals surface area contributed by atoms with Crippen LogP contribution < -0.4 is 10.1 Å². The summed E-state index contributed by atoms with van der Waals surface area (Å²) in [5.41, 5.74) is 1.51. The van der Waals surface area contributed by atoms with E-state index >= 15 is 0 Å². The van der Waals surface area contributed by atoms with Gasteiger partial charge in [0.15, 0.2) is 6.10 Å². The number of carbonyl (C=O) groups is 1. The molecule has 23 heavy (non-hydrogen) atoms. The Labute approximate surface area is 134 Å². The molecule has 0 saturated carbocycles. The summed E-state index contributed by atoms with van der Waals surface area (Å²) in [6, 6.07) is 8.96. The third-order valence-electron chi connectivity index (χ3n) is 3.70. The Balaban J connectivity index is 2.17. The first-order valence-corrected chi connectivity index (χ1v) is 7.41. The SMILES string of the molecule is CC[C@@H](Oc1cccc(C)c1C)C(=O)Nc1c(F)cccc1F. The van der Waals surface area contributed by atoms with E-state index in [4.69, 9.17) is 4.74 Å². The minimum absolute atomic E-state index is 0.370. The number of benzene rings is 2. The molecule has 0 unspecified atom stereocenters. The number of aryl methyl sites for hydroxylation is 1. The molecule has 1 atom stereocenters. The highest BCUT2D eigenvalue weighted by Gasteiger charge is 2.22. The molecule has 2 rings (SSSR count). The minimum atomic E-state index is -0.838. The molecule has 0 fully saturated rings. The van der Waals surface area contributed by atoms with Crippen LogP contribution in [0.2, 0.25) is 0 Å². The molecule has 3 nitrogen and oxygen atoms in total. The number of ether oxygens (including phenoxy) is 1. The lowest BCUT2D eigenvalue weighted by Gasteiger charge is -2.19. The van der Waals surface area contributed by atoms with Gasteiger partial charge >= 0.3 is 0 Å². The van der Waals surface area contributed by atoms with E-state index in [1.54, 1.807) is 13.0 Å². The van der Waals surface area contributed by atoms with Crippen molar-refractivity contribution in [2.24, 2.45) is 0 Å². The molecule has 0 aliphatic heterocycles. The van der Waals surface area contributed by atoms with E-state index in [0.717, 1.165) is 23.3 Å². The van der Waals surface area contributed by atoms with Gasteiger partial charge in [0.2, 0.25) is 0 Å². The van der Waals surface area contributed by atoms with Gasteiger partial charge in [-0.3, -0.25) is 4.79 Å². The number of halogens is 2. The molecule has 1 amide bonds. The van der Waals surface area contributed by atoms with E-state index in [9.17, 15) is 13.6 Å². The molecule has 1 N–H and O–H groups in total. The summed E-state index contributed by atoms with van der Waals surface area (Å²) < 4.78 is 33.0. The quantitative estimate of drug-likeness (QED) is 0.888. The Morgan fingerprint density at radius 3 is 2.35 bits per heavy atom. The van der Waals surface area contributed by atoms with Crippen LogP contribution in [-0.4, -0.2) is 12.0 Å². The number of hydrogen-bond acceptors (Lipinski definition) is 2. The van der Waals surface area contributed by atoms with Gasteiger partial charge in [-0.1, -0.05) is 25.1 Å². The standard InChI is InChI=1S/C18H19F2NO2/c1-4-15(23-16-10-5-7-11(2)12(16)3)18(22)21-17-13(19)8-6-9-14(17)20/h5-10,15H,4H2,1-3H3,(H,21,22)/t15-/m1/s1. The normalized spacial score (nSPS) is 11.9. The lowest BCUT2D eigenvalue weighted by atomic mass is 10.1. The molecular weight excluding hydrogens is 300 g/mol. The molecule has 0 bridgehead atoms. The highest BCUT2D eigenvalue weighted by Crippen LogP contribution is 2.24. The van der Waals surface area contributed by atoms with Gasteiger partial charge in [0.25, 0.3) is 5.91 Å². The van der Waals surface area contributed by atoms with E-state index in [0.29, 0.717) is 12.2 Å². The Morgan fingerprint density at radius 1 is 1.13 bits per heavy atom. The fraction of sp³-hybridized carbons (Fsp3) is 0.278. The van der Waals surface area contributed by atoms with Gasteiger partial charge in [-0.2, -0.15) is 0 Å². The number of para-hydroxylation sites is 1. The van der Waals surface area contributed by atoms with E-state index < -0.39 is 29.3 Å². The van der Waals surface area contributed by atoms with Crippen molar-refractivity contribution >= 4 is 11.6 Å². The minimum Gasteiger partial charge on any atom is -0.480 e. The fourth-order valence-corrected chi connectivity index (χ4v) is 2.15. The van der Waals surface area contributed by atoms with Crippen molar-refractivity contribution in [3.8, 4) is 5.75 Å². The molecular formula is C18H19F2NO2. The first-order chi connectivity index (χ1) is 10.9. The predicted octanol–water partition coefficient (Wildman–Crippen LogP) is 4.38. The summed E-state index contributed by atoms with van der Waals surface area (Å²) in [4.78, 5) is 12.3. The molecule has 0 spiro atoms. The fourth-order valence-electron chi connectivity index (χ4n) is 2.15. The van der Waals surface area contributed by atoms with Crippen LogP contribution in [0.4, 0.5) is 14.5 Å². The zero-order chi connectivity index (χ0) is 17.0. The Morgan fingerprint density at radius 2 is 1.74 bits per heavy atom. The van der Waals surface area contributed by atoms with Crippen LogP contribution in [-0.2, 0) is 4.79 Å². The molecule has 5 heteroatoms. The molecule has 0 aliphatic carbocycles. The van der Waals surface area contributed by atoms with Crippen LogP contribution in [0.15, 0.2) is 36.4 Å². The highest BCUT2D eigenvalue weighted by atomic mass is 19.1. The molecule has 2 aromatic rings. The van der Waals surface area contributed by atoms with Gasteiger partial charge in [0.1, 0.15) is 23.1 Å². The smallest absolute Gasteiger partial charge is 0.265 e. The van der Waals surface area contributed by atoms with Crippen molar-refractivity contribution in [3.63, 3.8) is 0 Å². The van der Waals surface area contributed by atoms with Crippen LogP contribution in [0.25, 0.3) is 0 Å². The lowest BCUT2D eigenvalue weighted by Crippen LogP contribution is -2.33. The van der Waals surface area contributed by atoms with Gasteiger partial charge in [-0.25, -0.2) is 8.78 Å². The number of carbonyl (C=O) groups excluding carboxylic acids is 1. The van der Waals surface area contributed by atoms with Crippen LogP contribution in [0.5, 0.6) is 5.75 Å². The maximum absolute atomic E-state index is 13.6. The first kappa shape index (κ1) is 16.9. The summed E-state index contributed by atoms with van der Waals surface area (Å²) in [5, 5.41) is 2.27. The largest absolute Gasteiger partial charge is 0.480 e. The lowest BCUT2D eigenvalue weighted by molar-refractivity contribution is -0.122. The van der Waals surface area contributed by atoms with Crippen molar-refractivity contribution in [1.29, 1.82) is 0 Å². The molecule has 0 aliphatic rings. The number of rotatable bonds is 5. The average Bonchev–Trinajstić information content (AvgIpc) is 2.52. The van der Waals surface area contributed by atoms with E-state index in [1.807, 2.05) is 26.0 Å². The van der Waals surface area contributed by atoms with E-state index in [-0.39, 0.29) is 0 Å². The van der Waals surface area contributed by atoms with Crippen LogP contribution in [0.1, 0.15) is 24.5 Å². The van der Waals surface area contributed by atoms with Gasteiger partial charge in [-0.15, -0.1) is 0 Å². The van der Waals surface area contributed by atoms with Crippen molar-refractivity contribution in [1.82, 2.24) is 0 Å². The molecule has 0 aromatic heterocycles. The van der Waals surface area contributed by atoms with Crippen molar-refractivity contribution in [3.05, 3.63) is 59.2 Å². The summed E-state index contributed by atoms with van der Waals surface area (Å²) in [5.74, 6) is -1.64. The van der Waals surface area contributed by atoms with Gasteiger partial charge in [-0.05, 0) is 49.6 Å². The monoisotopic (exact) mass is 319 g/mol. The van der Waals surface area contributed by atoms with Crippen molar-refractivity contribution < 1.29 is 18.3 Å². The number of hydrogen-bond donors (Lipinski definition) is 1. The zero-order valence-electron chi connectivity index (χ0n) is 13.3. The van der Waals surface area contributed by atoms with Crippen LogP contribution >= 0.6 is 0 Å². The Hall–Kier alpha value is -2.43. The van der Waals surface area contributed by atoms with Crippen LogP contribution in [0, 0.1) is 25.5 Å². The van der Waals surface area contributed by atoms with Crippen LogP contribution in [0.3, 0.4) is 0 Å². The summed E-state index contributed by atoms with van der Waals surface area (Å²) in [7, 11) is 0. The molecule has 122 valence electrons. The summed E-state index contributed by atoms with van der Waals surface area (Å²) in [6.07, 6.45) is -0.468. The third kappa shape index (κ3) is 3.86. The number of anilines is 1. The van der Waals surface area contributed by atoms with Gasteiger partial charge in [0.05, 0.1) is 0 Å². The van der Waals surface area contributed by atoms with Gasteiger partial charge < -0.3 is 10.1 Å². The topological polar surface area (TPSA) is 38.3 Å². The molecule has 2 aromatic carbocycles. The van der Waals surface area contributed by atoms with Gasteiger partial charge in [0, 0.05) is 0 Å². The number of nitrogens with one attached hydrogen (secondary N) is 1. The maximum Gasteiger partial charge on any atom is 0.265 e. The molecule has 0 saturated heterocycles. The summed E-state index contributed by atoms with van der Waals surface area (Å²) >= 11 is 0. The van der Waals surface area contributed by atoms with Crippen molar-refractivity contribution in [2.45, 2.75) is 33.3 Å². The second kappa shape index (κ2) is 7.22. The Bertz CT molecular complexity index is 696. The zero-order valence-corrected chi connectivity index (χ0v) is 13.3. The number of amides is 1. The predicted molar refractivity (Wildman–Crippen MR) is 85.6 cm³/mol. The summed E-state index contributed by atoms with van der Waals surface area (Å²) in [6.45, 7) is 5.61. The van der Waals surface area contributed by atoms with E-state index in [1.165, 1.54) is 6.07 Å². The average molecular weight is 319 g/mol. The first-order valence-electron chi connectivity index (χ1n) is 7.41. The molecule has 0 radical (unpaired) electrons. The highest BCUT2D eigenvalue weighted by molar-refractivity contribution is 5.94. The van der Waals surface area contributed by atoms with Crippen molar-refractivity contribution in [2.75, 3.05) is 5.32 Å². The Kier molecular flexibility index (Phi) is 5.32. The second-order valence-corrected chi connectivity index (χ2v) is 5.30. The molecule has 0 heterocycles. The third-order valence-corrected chi connectivity index (χ3v) is 3.70. The maximum atomic E-state index is 13.6. The second-order valence-electron chi connectivity index (χ2n) is 5.30.